The lowest BCUT2D eigenvalue weighted by molar-refractivity contribution is 0.340. The molecule has 1 aromatic rings. The highest BCUT2D eigenvalue weighted by molar-refractivity contribution is 7.80. The molecule has 0 saturated heterocycles. The topological polar surface area (TPSA) is 45.7 Å². The fourth-order valence-corrected chi connectivity index (χ4v) is 1.75. The summed E-state index contributed by atoms with van der Waals surface area (Å²) in [6, 6.07) is 7.75. The molecule has 0 spiro atoms. The molecule has 4 nitrogen and oxygen atoms in total. The van der Waals surface area contributed by atoms with E-state index in [9.17, 15) is 0 Å². The van der Waals surface area contributed by atoms with Gasteiger partial charge in [-0.1, -0.05) is 19.8 Å². The molecule has 0 heterocycles. The molecule has 0 unspecified atom stereocenters. The Morgan fingerprint density at radius 2 is 2.00 bits per heavy atom. The highest BCUT2D eigenvalue weighted by Crippen LogP contribution is 2.10. The number of rotatable bonds is 8. The first-order valence-corrected chi connectivity index (χ1v) is 7.46. The largest absolute Gasteiger partial charge is 0.494 e. The van der Waals surface area contributed by atoms with E-state index in [0.29, 0.717) is 11.7 Å². The van der Waals surface area contributed by atoms with Crippen molar-refractivity contribution < 1.29 is 4.74 Å². The summed E-state index contributed by atoms with van der Waals surface area (Å²) in [5.41, 5.74) is 3.80. The smallest absolute Gasteiger partial charge is 0.186 e. The third kappa shape index (κ3) is 7.09. The number of thiocarbonyl (C=S) groups is 1. The van der Waals surface area contributed by atoms with Gasteiger partial charge in [0.15, 0.2) is 5.11 Å². The van der Waals surface area contributed by atoms with Crippen LogP contribution in [0, 0.1) is 0 Å². The molecule has 2 N–H and O–H groups in total. The van der Waals surface area contributed by atoms with Gasteiger partial charge >= 0.3 is 0 Å². The lowest BCUT2D eigenvalue weighted by Crippen LogP contribution is -2.32. The quantitative estimate of drug-likeness (QED) is 0.335. The molecule has 0 aromatic heterocycles. The third-order valence-electron chi connectivity index (χ3n) is 2.64. The first-order valence-electron chi connectivity index (χ1n) is 7.06. The number of hydrogen-bond donors (Lipinski definition) is 2. The summed E-state index contributed by atoms with van der Waals surface area (Å²) in [4.78, 5) is 0. The van der Waals surface area contributed by atoms with Crippen LogP contribution in [0.25, 0.3) is 0 Å². The number of nitrogens with zero attached hydrogens (tertiary/aromatic N) is 1. The molecule has 1 aromatic carbocycles. The van der Waals surface area contributed by atoms with Crippen molar-refractivity contribution in [3.05, 3.63) is 29.8 Å². The van der Waals surface area contributed by atoms with E-state index >= 15 is 0 Å². The van der Waals surface area contributed by atoms with Crippen LogP contribution >= 0.6 is 12.2 Å². The molecule has 1 rings (SSSR count). The van der Waals surface area contributed by atoms with Crippen molar-refractivity contribution in [1.82, 2.24) is 10.7 Å². The standard InChI is InChI=1S/C15H23N3OS/c1-3-5-6-11-16-15(20)18-17-12-13-7-9-14(10-8-13)19-4-2/h7-10,12H,3-6,11H2,1-2H3,(H2,16,18,20)/b17-12-. The summed E-state index contributed by atoms with van der Waals surface area (Å²) in [6.45, 7) is 5.71. The van der Waals surface area contributed by atoms with Crippen molar-refractivity contribution in [2.24, 2.45) is 5.10 Å². The molecule has 0 saturated carbocycles. The fourth-order valence-electron chi connectivity index (χ4n) is 1.60. The Hall–Kier alpha value is -1.62. The van der Waals surface area contributed by atoms with E-state index in [1.807, 2.05) is 31.2 Å². The van der Waals surface area contributed by atoms with Crippen molar-refractivity contribution in [2.45, 2.75) is 33.1 Å². The first kappa shape index (κ1) is 16.4. The zero-order valence-corrected chi connectivity index (χ0v) is 13.0. The molecule has 0 bridgehead atoms. The summed E-state index contributed by atoms with van der Waals surface area (Å²) < 4.78 is 5.38. The van der Waals surface area contributed by atoms with Gasteiger partial charge in [-0.15, -0.1) is 0 Å². The van der Waals surface area contributed by atoms with Gasteiger partial charge in [-0.25, -0.2) is 0 Å². The van der Waals surface area contributed by atoms with Gasteiger partial charge < -0.3 is 10.1 Å². The molecular formula is C15H23N3OS. The van der Waals surface area contributed by atoms with Crippen LogP contribution in [0.2, 0.25) is 0 Å². The molecule has 0 radical (unpaired) electrons. The molecule has 0 amide bonds. The van der Waals surface area contributed by atoms with Crippen LogP contribution in [0.15, 0.2) is 29.4 Å². The van der Waals surface area contributed by atoms with Crippen LogP contribution in [-0.2, 0) is 0 Å². The van der Waals surface area contributed by atoms with Crippen LogP contribution in [0.4, 0.5) is 0 Å². The van der Waals surface area contributed by atoms with Crippen LogP contribution in [0.5, 0.6) is 5.75 Å². The van der Waals surface area contributed by atoms with Crippen molar-refractivity contribution >= 4 is 23.5 Å². The second-order valence-corrected chi connectivity index (χ2v) is 4.74. The maximum Gasteiger partial charge on any atom is 0.186 e. The van der Waals surface area contributed by atoms with E-state index < -0.39 is 0 Å². The predicted molar refractivity (Wildman–Crippen MR) is 88.5 cm³/mol. The van der Waals surface area contributed by atoms with Gasteiger partial charge in [0.25, 0.3) is 0 Å². The Bertz CT molecular complexity index is 418. The molecule has 20 heavy (non-hydrogen) atoms. The molecule has 0 atom stereocenters. The third-order valence-corrected chi connectivity index (χ3v) is 2.87. The summed E-state index contributed by atoms with van der Waals surface area (Å²) >= 11 is 5.12. The molecular weight excluding hydrogens is 270 g/mol. The fraction of sp³-hybridized carbons (Fsp3) is 0.467. The zero-order chi connectivity index (χ0) is 14.6. The van der Waals surface area contributed by atoms with Gasteiger partial charge in [0.2, 0.25) is 0 Å². The summed E-state index contributed by atoms with van der Waals surface area (Å²) in [5.74, 6) is 0.866. The maximum atomic E-state index is 5.38. The van der Waals surface area contributed by atoms with E-state index in [1.165, 1.54) is 12.8 Å². The average Bonchev–Trinajstić information content (AvgIpc) is 2.46. The number of benzene rings is 1. The Morgan fingerprint density at radius 3 is 2.65 bits per heavy atom. The number of ether oxygens (including phenoxy) is 1. The van der Waals surface area contributed by atoms with Gasteiger partial charge in [-0.05, 0) is 55.4 Å². The summed E-state index contributed by atoms with van der Waals surface area (Å²) in [5, 5.41) is 7.77. The Labute approximate surface area is 126 Å². The minimum atomic E-state index is 0.559. The highest BCUT2D eigenvalue weighted by atomic mass is 32.1. The van der Waals surface area contributed by atoms with Gasteiger partial charge in [-0.3, -0.25) is 5.43 Å². The number of hydrogen-bond acceptors (Lipinski definition) is 3. The second kappa shape index (κ2) is 10.2. The Kier molecular flexibility index (Phi) is 8.38. The van der Waals surface area contributed by atoms with Crippen molar-refractivity contribution in [2.75, 3.05) is 13.2 Å². The minimum Gasteiger partial charge on any atom is -0.494 e. The Balaban J connectivity index is 2.27. The van der Waals surface area contributed by atoms with Crippen molar-refractivity contribution in [1.29, 1.82) is 0 Å². The average molecular weight is 293 g/mol. The summed E-state index contributed by atoms with van der Waals surface area (Å²) in [6.07, 6.45) is 5.28. The van der Waals surface area contributed by atoms with Crippen molar-refractivity contribution in [3.8, 4) is 5.75 Å². The zero-order valence-electron chi connectivity index (χ0n) is 12.2. The summed E-state index contributed by atoms with van der Waals surface area (Å²) in [7, 11) is 0. The number of nitrogens with one attached hydrogen (secondary N) is 2. The van der Waals surface area contributed by atoms with E-state index in [4.69, 9.17) is 17.0 Å². The van der Waals surface area contributed by atoms with Crippen molar-refractivity contribution in [3.63, 3.8) is 0 Å². The van der Waals surface area contributed by atoms with E-state index in [-0.39, 0.29) is 0 Å². The SMILES string of the molecule is CCCCCNC(=S)N/N=C\c1ccc(OCC)cc1. The highest BCUT2D eigenvalue weighted by Gasteiger charge is 1.93. The van der Waals surface area contributed by atoms with Crippen LogP contribution in [0.3, 0.4) is 0 Å². The van der Waals surface area contributed by atoms with Gasteiger partial charge in [0.05, 0.1) is 12.8 Å². The van der Waals surface area contributed by atoms with Gasteiger partial charge in [0.1, 0.15) is 5.75 Å². The van der Waals surface area contributed by atoms with E-state index in [0.717, 1.165) is 24.3 Å². The molecule has 0 aliphatic rings. The molecule has 5 heteroatoms. The molecule has 110 valence electrons. The molecule has 0 aliphatic carbocycles. The van der Waals surface area contributed by atoms with Crippen LogP contribution in [0.1, 0.15) is 38.7 Å². The minimum absolute atomic E-state index is 0.559. The monoisotopic (exact) mass is 293 g/mol. The van der Waals surface area contributed by atoms with Crippen LogP contribution in [-0.4, -0.2) is 24.5 Å². The lowest BCUT2D eigenvalue weighted by Gasteiger charge is -2.06. The van der Waals surface area contributed by atoms with E-state index in [1.54, 1.807) is 6.21 Å². The van der Waals surface area contributed by atoms with Gasteiger partial charge in [0, 0.05) is 6.54 Å². The van der Waals surface area contributed by atoms with Gasteiger partial charge in [-0.2, -0.15) is 5.10 Å². The maximum absolute atomic E-state index is 5.38. The molecule has 0 aliphatic heterocycles. The number of unbranched alkanes of at least 4 members (excludes halogenated alkanes) is 2. The number of hydrazone groups is 1. The van der Waals surface area contributed by atoms with Crippen LogP contribution < -0.4 is 15.5 Å². The van der Waals surface area contributed by atoms with E-state index in [2.05, 4.69) is 22.8 Å². The predicted octanol–water partition coefficient (Wildman–Crippen LogP) is 3.07. The normalized spacial score (nSPS) is 10.5. The first-order chi connectivity index (χ1) is 9.76. The molecule has 0 fully saturated rings. The second-order valence-electron chi connectivity index (χ2n) is 4.34. The Morgan fingerprint density at radius 1 is 1.25 bits per heavy atom. The lowest BCUT2D eigenvalue weighted by atomic mass is 10.2.